The van der Waals surface area contributed by atoms with Gasteiger partial charge in [0.05, 0.1) is 12.5 Å². The third kappa shape index (κ3) is 5.30. The molecule has 3 rings (SSSR count). The summed E-state index contributed by atoms with van der Waals surface area (Å²) in [4.78, 5) is 37.9. The maximum atomic E-state index is 13.4. The molecule has 1 aliphatic heterocycles. The van der Waals surface area contributed by atoms with Gasteiger partial charge in [-0.3, -0.25) is 14.4 Å². The zero-order chi connectivity index (χ0) is 23.3. The lowest BCUT2D eigenvalue weighted by Crippen LogP contribution is -2.40. The maximum Gasteiger partial charge on any atom is 0.305 e. The van der Waals surface area contributed by atoms with Crippen LogP contribution in [0.3, 0.4) is 0 Å². The van der Waals surface area contributed by atoms with Crippen molar-refractivity contribution >= 4 is 11.9 Å². The van der Waals surface area contributed by atoms with Gasteiger partial charge in [0.15, 0.2) is 11.5 Å². The monoisotopic (exact) mass is 442 g/mol. The van der Waals surface area contributed by atoms with Gasteiger partial charge in [0.25, 0.3) is 5.56 Å². The number of rotatable bonds is 10. The second-order valence-corrected chi connectivity index (χ2v) is 8.04. The van der Waals surface area contributed by atoms with Crippen LogP contribution in [0.2, 0.25) is 0 Å². The number of hydrogen-bond donors (Lipinski definition) is 2. The van der Waals surface area contributed by atoms with Crippen LogP contribution >= 0.6 is 0 Å². The van der Waals surface area contributed by atoms with Crippen LogP contribution in [-0.4, -0.2) is 28.3 Å². The van der Waals surface area contributed by atoms with Crippen molar-refractivity contribution in [2.45, 2.75) is 65.0 Å². The second kappa shape index (κ2) is 10.3. The van der Waals surface area contributed by atoms with Crippen molar-refractivity contribution < 1.29 is 24.2 Å². The SMILES string of the molecule is CCCCC(C(=O)N[C@@H](CC(=O)O)c1ccc2c(c1)OCO2)n1cc(C)cc(CC)c1=O. The number of amides is 1. The summed E-state index contributed by atoms with van der Waals surface area (Å²) in [5, 5.41) is 12.3. The van der Waals surface area contributed by atoms with E-state index in [9.17, 15) is 19.5 Å². The molecule has 8 heteroatoms. The van der Waals surface area contributed by atoms with Crippen molar-refractivity contribution in [2.24, 2.45) is 0 Å². The Bertz CT molecular complexity index is 1050. The second-order valence-electron chi connectivity index (χ2n) is 8.04. The molecule has 172 valence electrons. The Morgan fingerprint density at radius 1 is 1.19 bits per heavy atom. The largest absolute Gasteiger partial charge is 0.481 e. The van der Waals surface area contributed by atoms with E-state index in [2.05, 4.69) is 5.32 Å². The number of carboxylic acid groups (broad SMARTS) is 1. The van der Waals surface area contributed by atoms with E-state index in [0.29, 0.717) is 35.5 Å². The van der Waals surface area contributed by atoms with Crippen molar-refractivity contribution in [1.82, 2.24) is 9.88 Å². The molecule has 1 aromatic heterocycles. The molecule has 32 heavy (non-hydrogen) atoms. The minimum atomic E-state index is -1.04. The molecule has 1 aromatic carbocycles. The molecule has 0 spiro atoms. The van der Waals surface area contributed by atoms with E-state index in [0.717, 1.165) is 18.4 Å². The van der Waals surface area contributed by atoms with Gasteiger partial charge in [-0.15, -0.1) is 0 Å². The summed E-state index contributed by atoms with van der Waals surface area (Å²) in [6.07, 6.45) is 4.08. The Balaban J connectivity index is 1.93. The lowest BCUT2D eigenvalue weighted by Gasteiger charge is -2.24. The molecule has 8 nitrogen and oxygen atoms in total. The van der Waals surface area contributed by atoms with Gasteiger partial charge in [0.2, 0.25) is 12.7 Å². The number of ether oxygens (including phenoxy) is 2. The van der Waals surface area contributed by atoms with Crippen LogP contribution in [0.5, 0.6) is 11.5 Å². The molecule has 1 unspecified atom stereocenters. The number of unbranched alkanes of at least 4 members (excludes halogenated alkanes) is 1. The van der Waals surface area contributed by atoms with Gasteiger partial charge in [-0.2, -0.15) is 0 Å². The number of fused-ring (bicyclic) bond motifs is 1. The molecule has 2 heterocycles. The lowest BCUT2D eigenvalue weighted by atomic mass is 10.0. The zero-order valence-corrected chi connectivity index (χ0v) is 18.7. The Morgan fingerprint density at radius 3 is 2.62 bits per heavy atom. The average molecular weight is 443 g/mol. The molecule has 0 radical (unpaired) electrons. The number of aryl methyl sites for hydroxylation is 2. The fourth-order valence-electron chi connectivity index (χ4n) is 3.92. The minimum absolute atomic E-state index is 0.101. The highest BCUT2D eigenvalue weighted by atomic mass is 16.7. The first-order valence-electron chi connectivity index (χ1n) is 11.0. The highest BCUT2D eigenvalue weighted by molar-refractivity contribution is 5.81. The molecule has 0 saturated heterocycles. The van der Waals surface area contributed by atoms with Gasteiger partial charge in [-0.1, -0.05) is 32.8 Å². The van der Waals surface area contributed by atoms with E-state index in [-0.39, 0.29) is 24.7 Å². The number of carbonyl (C=O) groups is 2. The van der Waals surface area contributed by atoms with E-state index >= 15 is 0 Å². The normalized spacial score (nSPS) is 14.1. The molecule has 0 aliphatic carbocycles. The molecule has 0 bridgehead atoms. The summed E-state index contributed by atoms with van der Waals surface area (Å²) in [5.41, 5.74) is 1.96. The predicted molar refractivity (Wildman–Crippen MR) is 119 cm³/mol. The number of nitrogens with zero attached hydrogens (tertiary/aromatic N) is 1. The van der Waals surface area contributed by atoms with Crippen molar-refractivity contribution in [3.63, 3.8) is 0 Å². The summed E-state index contributed by atoms with van der Waals surface area (Å²) in [7, 11) is 0. The van der Waals surface area contributed by atoms with Crippen LogP contribution in [-0.2, 0) is 16.0 Å². The predicted octanol–water partition coefficient (Wildman–Crippen LogP) is 3.51. The zero-order valence-electron chi connectivity index (χ0n) is 18.7. The number of carboxylic acids is 1. The van der Waals surface area contributed by atoms with Crippen molar-refractivity contribution in [1.29, 1.82) is 0 Å². The number of benzene rings is 1. The van der Waals surface area contributed by atoms with E-state index in [1.165, 1.54) is 4.57 Å². The minimum Gasteiger partial charge on any atom is -0.481 e. The molecular weight excluding hydrogens is 412 g/mol. The third-order valence-corrected chi connectivity index (χ3v) is 5.60. The van der Waals surface area contributed by atoms with Crippen LogP contribution in [0.4, 0.5) is 0 Å². The van der Waals surface area contributed by atoms with Crippen LogP contribution in [0, 0.1) is 6.92 Å². The molecular formula is C24H30N2O6. The highest BCUT2D eigenvalue weighted by Gasteiger charge is 2.27. The van der Waals surface area contributed by atoms with Crippen LogP contribution in [0.25, 0.3) is 0 Å². The summed E-state index contributed by atoms with van der Waals surface area (Å²) >= 11 is 0. The first-order valence-corrected chi connectivity index (χ1v) is 11.0. The van der Waals surface area contributed by atoms with E-state index in [1.807, 2.05) is 26.8 Å². The van der Waals surface area contributed by atoms with Crippen molar-refractivity contribution in [3.8, 4) is 11.5 Å². The van der Waals surface area contributed by atoms with Crippen LogP contribution < -0.4 is 20.3 Å². The topological polar surface area (TPSA) is 107 Å². The van der Waals surface area contributed by atoms with Gasteiger partial charge in [-0.05, 0) is 49.1 Å². The van der Waals surface area contributed by atoms with Gasteiger partial charge in [-0.25, -0.2) is 0 Å². The van der Waals surface area contributed by atoms with Gasteiger partial charge < -0.3 is 24.5 Å². The van der Waals surface area contributed by atoms with E-state index < -0.39 is 18.1 Å². The first kappa shape index (κ1) is 23.4. The van der Waals surface area contributed by atoms with Crippen LogP contribution in [0.15, 0.2) is 35.3 Å². The summed E-state index contributed by atoms with van der Waals surface area (Å²) < 4.78 is 12.2. The summed E-state index contributed by atoms with van der Waals surface area (Å²) in [6, 6.07) is 5.45. The molecule has 0 saturated carbocycles. The number of hydrogen-bond acceptors (Lipinski definition) is 5. The number of aromatic nitrogens is 1. The lowest BCUT2D eigenvalue weighted by molar-refractivity contribution is -0.138. The molecule has 1 aliphatic rings. The van der Waals surface area contributed by atoms with Gasteiger partial charge in [0.1, 0.15) is 6.04 Å². The highest BCUT2D eigenvalue weighted by Crippen LogP contribution is 2.35. The Hall–Kier alpha value is -3.29. The van der Waals surface area contributed by atoms with Crippen molar-refractivity contribution in [3.05, 3.63) is 57.5 Å². The van der Waals surface area contributed by atoms with Crippen LogP contribution in [0.1, 0.15) is 68.3 Å². The quantitative estimate of drug-likeness (QED) is 0.583. The molecule has 0 fully saturated rings. The molecule has 2 N–H and O–H groups in total. The van der Waals surface area contributed by atoms with Crippen molar-refractivity contribution in [2.75, 3.05) is 6.79 Å². The summed E-state index contributed by atoms with van der Waals surface area (Å²) in [6.45, 7) is 5.92. The smallest absolute Gasteiger partial charge is 0.305 e. The van der Waals surface area contributed by atoms with Gasteiger partial charge >= 0.3 is 5.97 Å². The average Bonchev–Trinajstić information content (AvgIpc) is 3.23. The van der Waals surface area contributed by atoms with Gasteiger partial charge in [0, 0.05) is 11.8 Å². The first-order chi connectivity index (χ1) is 15.3. The van der Waals surface area contributed by atoms with E-state index in [4.69, 9.17) is 9.47 Å². The standard InChI is InChI=1S/C24H30N2O6/c1-4-6-7-19(26-13-15(3)10-16(5-2)24(26)30)23(29)25-18(12-22(27)28)17-8-9-20-21(11-17)32-14-31-20/h8-11,13,18-19H,4-7,12,14H2,1-3H3,(H,25,29)(H,27,28)/t18-,19?/m0/s1. The summed E-state index contributed by atoms with van der Waals surface area (Å²) in [5.74, 6) is -0.332. The maximum absolute atomic E-state index is 13.4. The molecule has 2 atom stereocenters. The number of aliphatic carboxylic acids is 1. The Morgan fingerprint density at radius 2 is 1.94 bits per heavy atom. The third-order valence-electron chi connectivity index (χ3n) is 5.60. The number of nitrogens with one attached hydrogen (secondary N) is 1. The fourth-order valence-corrected chi connectivity index (χ4v) is 3.92. The number of carbonyl (C=O) groups excluding carboxylic acids is 1. The Labute approximate surface area is 187 Å². The fraction of sp³-hybridized carbons (Fsp3) is 0.458. The Kier molecular flexibility index (Phi) is 7.56. The molecule has 1 amide bonds. The number of pyridine rings is 1. The molecule has 2 aromatic rings. The van der Waals surface area contributed by atoms with E-state index in [1.54, 1.807) is 24.4 Å².